The van der Waals surface area contributed by atoms with Crippen LogP contribution in [0, 0.1) is 0 Å². The second-order valence-corrected chi connectivity index (χ2v) is 9.51. The number of amides is 1. The summed E-state index contributed by atoms with van der Waals surface area (Å²) in [4.78, 5) is 24.8. The molecule has 0 aliphatic rings. The van der Waals surface area contributed by atoms with Crippen LogP contribution in [0.1, 0.15) is 33.2 Å². The smallest absolute Gasteiger partial charge is 0.340 e. The SMILES string of the molecule is CCOC(=O)c1ccccc1NC(=O)c1ccc(CN(c2cccc(Cl)c2)S(C)(=O)=O)cc1. The van der Waals surface area contributed by atoms with Gasteiger partial charge in [-0.2, -0.15) is 0 Å². The van der Waals surface area contributed by atoms with Crippen molar-refractivity contribution in [3.05, 3.63) is 94.5 Å². The lowest BCUT2D eigenvalue weighted by Gasteiger charge is -2.22. The zero-order valence-electron chi connectivity index (χ0n) is 18.1. The molecule has 0 saturated carbocycles. The van der Waals surface area contributed by atoms with E-state index in [-0.39, 0.29) is 18.7 Å². The summed E-state index contributed by atoms with van der Waals surface area (Å²) in [5.74, 6) is -0.932. The normalized spacial score (nSPS) is 11.0. The van der Waals surface area contributed by atoms with Gasteiger partial charge in [-0.25, -0.2) is 13.2 Å². The molecule has 0 spiro atoms. The summed E-state index contributed by atoms with van der Waals surface area (Å²) in [7, 11) is -3.57. The molecule has 33 heavy (non-hydrogen) atoms. The van der Waals surface area contributed by atoms with Crippen molar-refractivity contribution in [2.24, 2.45) is 0 Å². The first-order valence-electron chi connectivity index (χ1n) is 10.1. The fourth-order valence-corrected chi connectivity index (χ4v) is 4.20. The molecule has 0 heterocycles. The molecule has 0 aliphatic carbocycles. The molecule has 172 valence electrons. The second-order valence-electron chi connectivity index (χ2n) is 7.17. The van der Waals surface area contributed by atoms with Crippen molar-refractivity contribution in [2.45, 2.75) is 13.5 Å². The Morgan fingerprint density at radius 2 is 1.70 bits per heavy atom. The molecule has 0 fully saturated rings. The molecule has 7 nitrogen and oxygen atoms in total. The Morgan fingerprint density at radius 3 is 2.33 bits per heavy atom. The van der Waals surface area contributed by atoms with Crippen LogP contribution in [0.15, 0.2) is 72.8 Å². The van der Waals surface area contributed by atoms with Crippen LogP contribution in [0.25, 0.3) is 0 Å². The van der Waals surface area contributed by atoms with E-state index in [0.29, 0.717) is 27.5 Å². The summed E-state index contributed by atoms with van der Waals surface area (Å²) in [5.41, 5.74) is 2.08. The predicted octanol–water partition coefficient (Wildman–Crippen LogP) is 4.74. The third kappa shape index (κ3) is 6.34. The van der Waals surface area contributed by atoms with Crippen LogP contribution in [0.3, 0.4) is 0 Å². The number of nitrogens with zero attached hydrogens (tertiary/aromatic N) is 1. The highest BCUT2D eigenvalue weighted by atomic mass is 35.5. The number of nitrogens with one attached hydrogen (secondary N) is 1. The van der Waals surface area contributed by atoms with E-state index in [0.717, 1.165) is 6.26 Å². The molecule has 0 atom stereocenters. The summed E-state index contributed by atoms with van der Waals surface area (Å²) in [6, 6.07) is 19.7. The Bertz CT molecular complexity index is 1260. The van der Waals surface area contributed by atoms with Crippen molar-refractivity contribution >= 4 is 44.9 Å². The molecule has 0 unspecified atom stereocenters. The molecule has 0 aliphatic heterocycles. The number of benzene rings is 3. The maximum Gasteiger partial charge on any atom is 0.340 e. The van der Waals surface area contributed by atoms with Gasteiger partial charge < -0.3 is 10.1 Å². The first kappa shape index (κ1) is 24.3. The van der Waals surface area contributed by atoms with E-state index < -0.39 is 21.9 Å². The molecular weight excluding hydrogens is 464 g/mol. The molecule has 3 rings (SSSR count). The van der Waals surface area contributed by atoms with E-state index in [1.54, 1.807) is 79.7 Å². The average Bonchev–Trinajstić information content (AvgIpc) is 2.77. The highest BCUT2D eigenvalue weighted by molar-refractivity contribution is 7.92. The fraction of sp³-hybridized carbons (Fsp3) is 0.167. The lowest BCUT2D eigenvalue weighted by Crippen LogP contribution is -2.29. The number of hydrogen-bond acceptors (Lipinski definition) is 5. The second kappa shape index (κ2) is 10.5. The Kier molecular flexibility index (Phi) is 7.73. The fourth-order valence-electron chi connectivity index (χ4n) is 3.13. The summed E-state index contributed by atoms with van der Waals surface area (Å²) in [6.07, 6.45) is 1.12. The van der Waals surface area contributed by atoms with E-state index in [4.69, 9.17) is 16.3 Å². The molecule has 1 amide bonds. The average molecular weight is 487 g/mol. The minimum absolute atomic E-state index is 0.0762. The molecule has 9 heteroatoms. The number of hydrogen-bond donors (Lipinski definition) is 1. The van der Waals surface area contributed by atoms with Crippen molar-refractivity contribution < 1.29 is 22.7 Å². The van der Waals surface area contributed by atoms with Gasteiger partial charge >= 0.3 is 5.97 Å². The van der Waals surface area contributed by atoms with E-state index in [9.17, 15) is 18.0 Å². The Morgan fingerprint density at radius 1 is 1.00 bits per heavy atom. The highest BCUT2D eigenvalue weighted by Crippen LogP contribution is 2.24. The maximum atomic E-state index is 12.7. The third-order valence-electron chi connectivity index (χ3n) is 4.71. The molecule has 0 radical (unpaired) electrons. The Hall–Kier alpha value is -3.36. The number of rotatable bonds is 8. The van der Waals surface area contributed by atoms with Crippen molar-refractivity contribution in [1.82, 2.24) is 0 Å². The molecule has 0 aromatic heterocycles. The number of carbonyl (C=O) groups excluding carboxylic acids is 2. The van der Waals surface area contributed by atoms with Crippen LogP contribution in [0.4, 0.5) is 11.4 Å². The molecule has 0 saturated heterocycles. The summed E-state index contributed by atoms with van der Waals surface area (Å²) >= 11 is 6.02. The first-order valence-corrected chi connectivity index (χ1v) is 12.3. The van der Waals surface area contributed by atoms with Crippen LogP contribution >= 0.6 is 11.6 Å². The van der Waals surface area contributed by atoms with Gasteiger partial charge in [0.15, 0.2) is 0 Å². The van der Waals surface area contributed by atoms with E-state index >= 15 is 0 Å². The number of esters is 1. The summed E-state index contributed by atoms with van der Waals surface area (Å²) in [6.45, 7) is 2.01. The van der Waals surface area contributed by atoms with Crippen LogP contribution in [-0.2, 0) is 21.3 Å². The summed E-state index contributed by atoms with van der Waals surface area (Å²) < 4.78 is 30.9. The van der Waals surface area contributed by atoms with E-state index in [2.05, 4.69) is 5.32 Å². The predicted molar refractivity (Wildman–Crippen MR) is 129 cm³/mol. The molecular formula is C24H23ClN2O5S. The van der Waals surface area contributed by atoms with Gasteiger partial charge in [0.2, 0.25) is 10.0 Å². The molecule has 3 aromatic rings. The number of sulfonamides is 1. The van der Waals surface area contributed by atoms with Gasteiger partial charge in [-0.15, -0.1) is 0 Å². The number of carbonyl (C=O) groups is 2. The van der Waals surface area contributed by atoms with E-state index in [1.165, 1.54) is 4.31 Å². The molecule has 0 bridgehead atoms. The van der Waals surface area contributed by atoms with Crippen molar-refractivity contribution in [2.75, 3.05) is 22.5 Å². The lowest BCUT2D eigenvalue weighted by atomic mass is 10.1. The van der Waals surface area contributed by atoms with Gasteiger partial charge in [0.05, 0.1) is 36.3 Å². The van der Waals surface area contributed by atoms with Crippen molar-refractivity contribution in [1.29, 1.82) is 0 Å². The topological polar surface area (TPSA) is 92.8 Å². The van der Waals surface area contributed by atoms with Crippen molar-refractivity contribution in [3.8, 4) is 0 Å². The molecule has 1 N–H and O–H groups in total. The number of halogens is 1. The Labute approximate surface area is 198 Å². The number of ether oxygens (including phenoxy) is 1. The van der Waals surface area contributed by atoms with Crippen molar-refractivity contribution in [3.63, 3.8) is 0 Å². The standard InChI is InChI=1S/C24H23ClN2O5S/c1-3-32-24(29)21-9-4-5-10-22(21)26-23(28)18-13-11-17(12-14-18)16-27(33(2,30)31)20-8-6-7-19(25)15-20/h4-15H,3,16H2,1-2H3,(H,26,28). The van der Waals surface area contributed by atoms with Gasteiger partial charge in [0.1, 0.15) is 0 Å². The lowest BCUT2D eigenvalue weighted by molar-refractivity contribution is 0.0527. The quantitative estimate of drug-likeness (QED) is 0.464. The maximum absolute atomic E-state index is 12.7. The minimum Gasteiger partial charge on any atom is -0.462 e. The number of anilines is 2. The zero-order valence-corrected chi connectivity index (χ0v) is 19.7. The van der Waals surface area contributed by atoms with Gasteiger partial charge in [-0.3, -0.25) is 9.10 Å². The number of para-hydroxylation sites is 1. The van der Waals surface area contributed by atoms with E-state index in [1.807, 2.05) is 0 Å². The van der Waals surface area contributed by atoms with Gasteiger partial charge in [0, 0.05) is 10.6 Å². The van der Waals surface area contributed by atoms with Gasteiger partial charge in [0.25, 0.3) is 5.91 Å². The molecule has 3 aromatic carbocycles. The first-order chi connectivity index (χ1) is 15.7. The van der Waals surface area contributed by atoms with Gasteiger partial charge in [-0.1, -0.05) is 41.9 Å². The third-order valence-corrected chi connectivity index (χ3v) is 6.09. The summed E-state index contributed by atoms with van der Waals surface area (Å²) in [5, 5.41) is 3.15. The highest BCUT2D eigenvalue weighted by Gasteiger charge is 2.19. The van der Waals surface area contributed by atoms with Crippen LogP contribution in [0.2, 0.25) is 5.02 Å². The largest absolute Gasteiger partial charge is 0.462 e. The van der Waals surface area contributed by atoms with Gasteiger partial charge in [-0.05, 0) is 55.0 Å². The Balaban J connectivity index is 1.77. The van der Waals surface area contributed by atoms with Crippen LogP contribution in [0.5, 0.6) is 0 Å². The zero-order chi connectivity index (χ0) is 24.0. The monoisotopic (exact) mass is 486 g/mol. The minimum atomic E-state index is -3.57. The van der Waals surface area contributed by atoms with Crippen LogP contribution < -0.4 is 9.62 Å². The van der Waals surface area contributed by atoms with Crippen LogP contribution in [-0.4, -0.2) is 33.2 Å².